The first-order valence-corrected chi connectivity index (χ1v) is 8.84. The molecule has 2 heterocycles. The fraction of sp³-hybridized carbons (Fsp3) is 0.722. The van der Waals surface area contributed by atoms with Crippen molar-refractivity contribution in [2.24, 2.45) is 10.8 Å². The van der Waals surface area contributed by atoms with Crippen LogP contribution in [-0.4, -0.2) is 53.7 Å². The van der Waals surface area contributed by atoms with Crippen molar-refractivity contribution in [1.82, 2.24) is 15.0 Å². The molecular weight excluding hydrogens is 318 g/mol. The van der Waals surface area contributed by atoms with Gasteiger partial charge in [-0.2, -0.15) is 4.98 Å². The molecule has 0 bridgehead atoms. The number of nitrogens with one attached hydrogen (secondary N) is 1. The lowest BCUT2D eigenvalue weighted by Crippen LogP contribution is -2.48. The number of aromatic nitrogens is 2. The van der Waals surface area contributed by atoms with Crippen molar-refractivity contribution in [2.45, 2.75) is 41.5 Å². The Balaban J connectivity index is 1.89. The first-order valence-electron chi connectivity index (χ1n) is 8.84. The molecule has 1 fully saturated rings. The number of carbonyl (C=O) groups is 1. The van der Waals surface area contributed by atoms with Crippen molar-refractivity contribution in [2.75, 3.05) is 42.9 Å². The maximum Gasteiger partial charge on any atom is 0.330 e. The zero-order chi connectivity index (χ0) is 18.7. The smallest absolute Gasteiger partial charge is 0.330 e. The van der Waals surface area contributed by atoms with E-state index < -0.39 is 5.41 Å². The van der Waals surface area contributed by atoms with E-state index in [0.717, 1.165) is 25.5 Å². The second kappa shape index (κ2) is 7.56. The Labute approximate surface area is 150 Å². The molecule has 140 valence electrons. The van der Waals surface area contributed by atoms with Crippen molar-refractivity contribution in [1.29, 1.82) is 0 Å². The summed E-state index contributed by atoms with van der Waals surface area (Å²) in [6, 6.07) is 1.92. The van der Waals surface area contributed by atoms with E-state index in [1.165, 1.54) is 0 Å². The minimum Gasteiger partial charge on any atom is -0.367 e. The Kier molecular flexibility index (Phi) is 5.87. The average molecular weight is 349 g/mol. The number of carbonyl (C=O) groups excluding carboxylic acids is 1. The number of hydroxylamine groups is 2. The lowest BCUT2D eigenvalue weighted by molar-refractivity contribution is -0.201. The fourth-order valence-corrected chi connectivity index (χ4v) is 2.22. The van der Waals surface area contributed by atoms with Crippen LogP contribution < -0.4 is 10.2 Å². The summed E-state index contributed by atoms with van der Waals surface area (Å²) >= 11 is 0. The second-order valence-corrected chi connectivity index (χ2v) is 8.70. The van der Waals surface area contributed by atoms with Gasteiger partial charge in [0.1, 0.15) is 5.82 Å². The van der Waals surface area contributed by atoms with E-state index >= 15 is 0 Å². The van der Waals surface area contributed by atoms with Crippen LogP contribution in [0.1, 0.15) is 41.5 Å². The number of piperazine rings is 1. The predicted octanol–water partition coefficient (Wildman–Crippen LogP) is 2.56. The van der Waals surface area contributed by atoms with E-state index in [0.29, 0.717) is 19.0 Å². The number of rotatable bonds is 4. The van der Waals surface area contributed by atoms with Crippen LogP contribution in [0, 0.1) is 10.8 Å². The molecule has 1 aromatic heterocycles. The molecule has 0 amide bonds. The molecule has 1 saturated heterocycles. The highest BCUT2D eigenvalue weighted by atomic mass is 16.7. The van der Waals surface area contributed by atoms with Crippen molar-refractivity contribution >= 4 is 17.7 Å². The summed E-state index contributed by atoms with van der Waals surface area (Å²) < 4.78 is 0. The molecule has 0 spiro atoms. The first kappa shape index (κ1) is 19.4. The molecule has 0 radical (unpaired) electrons. The molecule has 1 aliphatic heterocycles. The summed E-state index contributed by atoms with van der Waals surface area (Å²) in [5, 5.41) is 5.03. The van der Waals surface area contributed by atoms with Gasteiger partial charge in [0.25, 0.3) is 0 Å². The van der Waals surface area contributed by atoms with Gasteiger partial charge in [0.15, 0.2) is 0 Å². The quantitative estimate of drug-likeness (QED) is 0.896. The molecule has 7 nitrogen and oxygen atoms in total. The Morgan fingerprint density at radius 2 is 1.80 bits per heavy atom. The highest BCUT2D eigenvalue weighted by Gasteiger charge is 2.28. The molecule has 0 aromatic carbocycles. The largest absolute Gasteiger partial charge is 0.367 e. The van der Waals surface area contributed by atoms with Gasteiger partial charge in [0.05, 0.1) is 18.5 Å². The highest BCUT2D eigenvalue weighted by molar-refractivity contribution is 5.75. The minimum atomic E-state index is -0.489. The van der Waals surface area contributed by atoms with Gasteiger partial charge in [-0.25, -0.2) is 9.78 Å². The highest BCUT2D eigenvalue weighted by Crippen LogP contribution is 2.19. The van der Waals surface area contributed by atoms with Crippen molar-refractivity contribution < 1.29 is 9.63 Å². The maximum absolute atomic E-state index is 12.0. The number of hydrogen-bond donors (Lipinski definition) is 1. The average Bonchev–Trinajstić information content (AvgIpc) is 2.52. The van der Waals surface area contributed by atoms with Crippen LogP contribution in [0.4, 0.5) is 11.8 Å². The van der Waals surface area contributed by atoms with E-state index in [2.05, 4.69) is 41.0 Å². The van der Waals surface area contributed by atoms with Gasteiger partial charge in [-0.1, -0.05) is 20.8 Å². The molecule has 2 rings (SSSR count). The second-order valence-electron chi connectivity index (χ2n) is 8.70. The third-order valence-electron chi connectivity index (χ3n) is 3.80. The summed E-state index contributed by atoms with van der Waals surface area (Å²) in [6.07, 6.45) is 1.78. The number of anilines is 2. The third kappa shape index (κ3) is 6.16. The summed E-state index contributed by atoms with van der Waals surface area (Å²) in [5.74, 6) is 1.35. The zero-order valence-electron chi connectivity index (χ0n) is 16.3. The zero-order valence-corrected chi connectivity index (χ0v) is 16.3. The van der Waals surface area contributed by atoms with E-state index in [4.69, 9.17) is 4.84 Å². The normalized spacial score (nSPS) is 16.6. The Hall–Kier alpha value is -1.89. The summed E-state index contributed by atoms with van der Waals surface area (Å²) in [5.41, 5.74) is -0.320. The van der Waals surface area contributed by atoms with Gasteiger partial charge < -0.3 is 15.1 Å². The lowest BCUT2D eigenvalue weighted by atomic mass is 9.97. The van der Waals surface area contributed by atoms with Gasteiger partial charge in [-0.3, -0.25) is 0 Å². The van der Waals surface area contributed by atoms with E-state index in [1.54, 1.807) is 11.3 Å². The van der Waals surface area contributed by atoms with E-state index in [1.807, 2.05) is 26.8 Å². The van der Waals surface area contributed by atoms with Gasteiger partial charge in [0.2, 0.25) is 5.95 Å². The monoisotopic (exact) mass is 349 g/mol. The predicted molar refractivity (Wildman–Crippen MR) is 99.3 cm³/mol. The molecule has 7 heteroatoms. The standard InChI is InChI=1S/C18H31N5O2/c1-17(2,3)13-20-16-19-8-7-14(21-16)22-9-11-23(12-10-22)25-15(24)18(4,5)6/h7-8H,9-13H2,1-6H3,(H,19,20,21). The van der Waals surface area contributed by atoms with E-state index in [9.17, 15) is 4.79 Å². The topological polar surface area (TPSA) is 70.6 Å². The Bertz CT molecular complexity index is 584. The van der Waals surface area contributed by atoms with Crippen LogP contribution in [0.25, 0.3) is 0 Å². The van der Waals surface area contributed by atoms with E-state index in [-0.39, 0.29) is 11.4 Å². The van der Waals surface area contributed by atoms with Crippen molar-refractivity contribution in [3.63, 3.8) is 0 Å². The van der Waals surface area contributed by atoms with Gasteiger partial charge >= 0.3 is 5.97 Å². The molecule has 0 unspecified atom stereocenters. The van der Waals surface area contributed by atoms with Crippen LogP contribution in [0.15, 0.2) is 12.3 Å². The molecule has 25 heavy (non-hydrogen) atoms. The minimum absolute atomic E-state index is 0.169. The number of nitrogens with zero attached hydrogens (tertiary/aromatic N) is 4. The van der Waals surface area contributed by atoms with Crippen LogP contribution in [0.5, 0.6) is 0 Å². The summed E-state index contributed by atoms with van der Waals surface area (Å²) in [7, 11) is 0. The maximum atomic E-state index is 12.0. The molecule has 0 aliphatic carbocycles. The van der Waals surface area contributed by atoms with Gasteiger partial charge in [-0.05, 0) is 32.3 Å². The van der Waals surface area contributed by atoms with Crippen molar-refractivity contribution in [3.8, 4) is 0 Å². The summed E-state index contributed by atoms with van der Waals surface area (Å²) in [6.45, 7) is 15.7. The third-order valence-corrected chi connectivity index (χ3v) is 3.80. The summed E-state index contributed by atoms with van der Waals surface area (Å²) in [4.78, 5) is 28.5. The lowest BCUT2D eigenvalue weighted by Gasteiger charge is -2.35. The van der Waals surface area contributed by atoms with Gasteiger partial charge in [0, 0.05) is 25.8 Å². The van der Waals surface area contributed by atoms with Crippen LogP contribution in [-0.2, 0) is 9.63 Å². The van der Waals surface area contributed by atoms with Crippen LogP contribution in [0.3, 0.4) is 0 Å². The van der Waals surface area contributed by atoms with Crippen molar-refractivity contribution in [3.05, 3.63) is 12.3 Å². The molecule has 0 atom stereocenters. The molecule has 1 aromatic rings. The molecule has 0 saturated carbocycles. The molecule has 1 aliphatic rings. The molecular formula is C18H31N5O2. The van der Waals surface area contributed by atoms with Gasteiger partial charge in [-0.15, -0.1) is 5.06 Å². The Morgan fingerprint density at radius 1 is 1.16 bits per heavy atom. The number of hydrogen-bond acceptors (Lipinski definition) is 7. The van der Waals surface area contributed by atoms with Crippen LogP contribution in [0.2, 0.25) is 0 Å². The van der Waals surface area contributed by atoms with Crippen LogP contribution >= 0.6 is 0 Å². The molecule has 1 N–H and O–H groups in total. The first-order chi connectivity index (χ1) is 11.5. The fourth-order valence-electron chi connectivity index (χ4n) is 2.22. The Morgan fingerprint density at radius 3 is 2.36 bits per heavy atom. The SMILES string of the molecule is CC(C)(C)CNc1nccc(N2CCN(OC(=O)C(C)(C)C)CC2)n1.